The van der Waals surface area contributed by atoms with Crippen molar-refractivity contribution in [3.8, 4) is 56.0 Å². The van der Waals surface area contributed by atoms with Crippen LogP contribution in [0.5, 0.6) is 11.5 Å². The molecule has 0 bridgehead atoms. The first-order valence-electron chi connectivity index (χ1n) is 18.2. The fraction of sp³-hybridized carbons (Fsp3) is 0.0588. The molecule has 0 aromatic heterocycles. The van der Waals surface area contributed by atoms with Crippen molar-refractivity contribution in [3.63, 3.8) is 0 Å². The zero-order chi connectivity index (χ0) is 34.4. The second-order valence-electron chi connectivity index (χ2n) is 14.5. The Morgan fingerprint density at radius 3 is 1.60 bits per heavy atom. The highest BCUT2D eigenvalue weighted by atomic mass is 16.5. The van der Waals surface area contributed by atoms with Gasteiger partial charge in [-0.15, -0.1) is 0 Å². The van der Waals surface area contributed by atoms with E-state index in [1.807, 2.05) is 0 Å². The van der Waals surface area contributed by atoms with Crippen LogP contribution in [-0.2, 0) is 10.8 Å². The first-order chi connectivity index (χ1) is 25.7. The lowest BCUT2D eigenvalue weighted by molar-refractivity contribution is 0.436. The van der Waals surface area contributed by atoms with Gasteiger partial charge >= 0.3 is 0 Å². The van der Waals surface area contributed by atoms with E-state index in [2.05, 4.69) is 195 Å². The summed E-state index contributed by atoms with van der Waals surface area (Å²) in [4.78, 5) is 0. The zero-order valence-electron chi connectivity index (χ0n) is 28.8. The summed E-state index contributed by atoms with van der Waals surface area (Å²) in [7, 11) is 0. The molecule has 1 heterocycles. The van der Waals surface area contributed by atoms with Crippen LogP contribution in [0.1, 0.15) is 45.9 Å². The van der Waals surface area contributed by atoms with E-state index in [1.165, 1.54) is 83.5 Å². The number of rotatable bonds is 3. The fourth-order valence-corrected chi connectivity index (χ4v) is 9.74. The maximum Gasteiger partial charge on any atom is 0.132 e. The van der Waals surface area contributed by atoms with Crippen LogP contribution in [0.4, 0.5) is 0 Å². The van der Waals surface area contributed by atoms with Gasteiger partial charge in [0.25, 0.3) is 0 Å². The van der Waals surface area contributed by atoms with E-state index >= 15 is 0 Å². The molecule has 0 amide bonds. The Hall–Kier alpha value is -6.44. The molecule has 2 aliphatic carbocycles. The van der Waals surface area contributed by atoms with Gasteiger partial charge in [-0.05, 0) is 97.4 Å². The smallest absolute Gasteiger partial charge is 0.132 e. The second kappa shape index (κ2) is 10.8. The first kappa shape index (κ1) is 29.3. The van der Waals surface area contributed by atoms with Gasteiger partial charge in [0.1, 0.15) is 11.5 Å². The molecule has 0 fully saturated rings. The first-order valence-corrected chi connectivity index (χ1v) is 18.2. The minimum atomic E-state index is -0.475. The van der Waals surface area contributed by atoms with Crippen LogP contribution in [0.25, 0.3) is 44.5 Å². The summed E-state index contributed by atoms with van der Waals surface area (Å²) in [6.07, 6.45) is 0. The van der Waals surface area contributed by atoms with Gasteiger partial charge < -0.3 is 4.74 Å². The van der Waals surface area contributed by atoms with E-state index in [4.69, 9.17) is 4.74 Å². The zero-order valence-corrected chi connectivity index (χ0v) is 28.8. The lowest BCUT2D eigenvalue weighted by atomic mass is 9.66. The van der Waals surface area contributed by atoms with Crippen LogP contribution >= 0.6 is 0 Å². The maximum atomic E-state index is 6.68. The summed E-state index contributed by atoms with van der Waals surface area (Å²) in [6, 6.07) is 69.0. The Kier molecular flexibility index (Phi) is 6.08. The molecule has 244 valence electrons. The third-order valence-electron chi connectivity index (χ3n) is 12.1. The summed E-state index contributed by atoms with van der Waals surface area (Å²) < 4.78 is 6.68. The maximum absolute atomic E-state index is 6.68. The molecule has 1 atom stereocenters. The highest BCUT2D eigenvalue weighted by molar-refractivity contribution is 5.94. The SMILES string of the molecule is CC1(c2ccccc2)c2ccccc2-c2c(-c3ccc(-c4ccc5c(c4)C4(c6ccccc6O5)c5ccccc5-c5ccccc54)cc3)cccc21. The number of ether oxygens (including phenoxy) is 1. The molecule has 1 unspecified atom stereocenters. The number of fused-ring (bicyclic) bond motifs is 12. The van der Waals surface area contributed by atoms with Gasteiger partial charge in [0.2, 0.25) is 0 Å². The molecule has 1 nitrogen and oxygen atoms in total. The third-order valence-corrected chi connectivity index (χ3v) is 12.1. The average molecular weight is 663 g/mol. The van der Waals surface area contributed by atoms with E-state index < -0.39 is 5.41 Å². The van der Waals surface area contributed by atoms with Crippen molar-refractivity contribution >= 4 is 0 Å². The average Bonchev–Trinajstić information content (AvgIpc) is 3.66. The molecule has 0 N–H and O–H groups in total. The number of hydrogen-bond donors (Lipinski definition) is 0. The Bertz CT molecular complexity index is 2670. The number of hydrogen-bond acceptors (Lipinski definition) is 1. The molecule has 8 aromatic rings. The van der Waals surface area contributed by atoms with E-state index in [1.54, 1.807) is 0 Å². The predicted molar refractivity (Wildman–Crippen MR) is 212 cm³/mol. The van der Waals surface area contributed by atoms with E-state index in [0.29, 0.717) is 0 Å². The topological polar surface area (TPSA) is 9.23 Å². The van der Waals surface area contributed by atoms with Gasteiger partial charge in [-0.25, -0.2) is 0 Å². The van der Waals surface area contributed by atoms with Gasteiger partial charge in [-0.2, -0.15) is 0 Å². The molecule has 1 spiro atoms. The van der Waals surface area contributed by atoms with E-state index in [-0.39, 0.29) is 5.41 Å². The minimum Gasteiger partial charge on any atom is -0.457 e. The normalized spacial score (nSPS) is 16.6. The standard InChI is InChI=1S/C51H34O/c1-50(36-14-3-2-4-15-36)41-20-8-7-18-40(41)49-37(19-13-24-45(49)50)34-28-26-33(27-29-34)35-30-31-48-46(32-35)51(44-23-11-12-25-47(44)52-48)42-21-9-5-16-38(42)39-17-6-10-22-43(39)51/h2-32H,1H3. The quantitative estimate of drug-likeness (QED) is 0.183. The van der Waals surface area contributed by atoms with Crippen molar-refractivity contribution in [2.45, 2.75) is 17.8 Å². The highest BCUT2D eigenvalue weighted by Gasteiger charge is 2.51. The fourth-order valence-electron chi connectivity index (χ4n) is 9.74. The number of para-hydroxylation sites is 1. The molecule has 1 heteroatoms. The van der Waals surface area contributed by atoms with Crippen molar-refractivity contribution in [2.75, 3.05) is 0 Å². The van der Waals surface area contributed by atoms with Crippen molar-refractivity contribution in [1.29, 1.82) is 0 Å². The molecule has 3 aliphatic rings. The predicted octanol–water partition coefficient (Wildman–Crippen LogP) is 12.8. The molecule has 0 saturated heterocycles. The van der Waals surface area contributed by atoms with Crippen molar-refractivity contribution < 1.29 is 4.74 Å². The van der Waals surface area contributed by atoms with E-state index in [9.17, 15) is 0 Å². The second-order valence-corrected chi connectivity index (χ2v) is 14.5. The van der Waals surface area contributed by atoms with Gasteiger partial charge in [0.15, 0.2) is 0 Å². The van der Waals surface area contributed by atoms with Gasteiger partial charge in [-0.1, -0.05) is 170 Å². The highest BCUT2D eigenvalue weighted by Crippen LogP contribution is 2.62. The van der Waals surface area contributed by atoms with Crippen LogP contribution in [-0.4, -0.2) is 0 Å². The largest absolute Gasteiger partial charge is 0.457 e. The molecule has 0 saturated carbocycles. The Morgan fingerprint density at radius 2 is 0.865 bits per heavy atom. The number of benzene rings is 8. The van der Waals surface area contributed by atoms with Crippen molar-refractivity contribution in [1.82, 2.24) is 0 Å². The Morgan fingerprint density at radius 1 is 0.346 bits per heavy atom. The molecular formula is C51H34O. The van der Waals surface area contributed by atoms with Crippen LogP contribution < -0.4 is 4.74 Å². The van der Waals surface area contributed by atoms with Crippen LogP contribution in [0.3, 0.4) is 0 Å². The van der Waals surface area contributed by atoms with Crippen molar-refractivity contribution in [2.24, 2.45) is 0 Å². The molecule has 1 aliphatic heterocycles. The van der Waals surface area contributed by atoms with Gasteiger partial charge in [-0.3, -0.25) is 0 Å². The minimum absolute atomic E-state index is 0.222. The molecule has 52 heavy (non-hydrogen) atoms. The van der Waals surface area contributed by atoms with Crippen LogP contribution in [0, 0.1) is 0 Å². The van der Waals surface area contributed by atoms with E-state index in [0.717, 1.165) is 11.5 Å². The molecular weight excluding hydrogens is 629 g/mol. The lowest BCUT2D eigenvalue weighted by Gasteiger charge is -2.39. The van der Waals surface area contributed by atoms with Gasteiger partial charge in [0, 0.05) is 16.5 Å². The monoisotopic (exact) mass is 662 g/mol. The summed E-state index contributed by atoms with van der Waals surface area (Å²) in [5.74, 6) is 1.82. The molecule has 8 aromatic carbocycles. The van der Waals surface area contributed by atoms with Crippen LogP contribution in [0.15, 0.2) is 188 Å². The van der Waals surface area contributed by atoms with Crippen molar-refractivity contribution in [3.05, 3.63) is 227 Å². The van der Waals surface area contributed by atoms with Crippen LogP contribution in [0.2, 0.25) is 0 Å². The third kappa shape index (κ3) is 3.78. The molecule has 0 radical (unpaired) electrons. The lowest BCUT2D eigenvalue weighted by Crippen LogP contribution is -2.32. The molecule has 11 rings (SSSR count). The van der Waals surface area contributed by atoms with Gasteiger partial charge in [0.05, 0.1) is 5.41 Å². The Balaban J connectivity index is 1.06. The summed E-state index contributed by atoms with van der Waals surface area (Å²) in [5, 5.41) is 0. The summed E-state index contributed by atoms with van der Waals surface area (Å²) in [5.41, 5.74) is 18.4. The Labute approximate surface area is 304 Å². The summed E-state index contributed by atoms with van der Waals surface area (Å²) in [6.45, 7) is 2.38. The summed E-state index contributed by atoms with van der Waals surface area (Å²) >= 11 is 0.